The van der Waals surface area contributed by atoms with E-state index in [4.69, 9.17) is 5.11 Å². The second-order valence-corrected chi connectivity index (χ2v) is 6.65. The summed E-state index contributed by atoms with van der Waals surface area (Å²) in [6.07, 6.45) is 1.14. The van der Waals surface area contributed by atoms with E-state index in [1.165, 1.54) is 17.0 Å². The van der Waals surface area contributed by atoms with Gasteiger partial charge in [0.15, 0.2) is 0 Å². The highest BCUT2D eigenvalue weighted by Gasteiger charge is 2.27. The summed E-state index contributed by atoms with van der Waals surface area (Å²) in [4.78, 5) is 2.49. The molecule has 6 heteroatoms. The number of aliphatic hydroxyl groups is 1. The minimum Gasteiger partial charge on any atom is -0.394 e. The van der Waals surface area contributed by atoms with Crippen molar-refractivity contribution in [2.24, 2.45) is 0 Å². The van der Waals surface area contributed by atoms with Gasteiger partial charge in [0.05, 0.1) is 30.6 Å². The fourth-order valence-electron chi connectivity index (χ4n) is 3.67. The highest BCUT2D eigenvalue weighted by Crippen LogP contribution is 2.26. The van der Waals surface area contributed by atoms with E-state index in [9.17, 15) is 0 Å². The summed E-state index contributed by atoms with van der Waals surface area (Å²) in [5.41, 5.74) is 5.89. The molecule has 6 nitrogen and oxygen atoms in total. The summed E-state index contributed by atoms with van der Waals surface area (Å²) in [5, 5.41) is 18.3. The van der Waals surface area contributed by atoms with Crippen LogP contribution in [0.1, 0.15) is 40.8 Å². The molecule has 1 N–H and O–H groups in total. The Morgan fingerprint density at radius 3 is 2.65 bits per heavy atom. The molecule has 0 aromatic carbocycles. The van der Waals surface area contributed by atoms with Gasteiger partial charge in [0.25, 0.3) is 0 Å². The van der Waals surface area contributed by atoms with E-state index in [0.29, 0.717) is 12.6 Å². The second kappa shape index (κ2) is 6.45. The maximum Gasteiger partial charge on any atom is 0.0661 e. The molecule has 2 aromatic heterocycles. The van der Waals surface area contributed by atoms with Crippen LogP contribution >= 0.6 is 0 Å². The molecule has 0 aliphatic carbocycles. The predicted molar refractivity (Wildman–Crippen MR) is 89.4 cm³/mol. The van der Waals surface area contributed by atoms with E-state index in [2.05, 4.69) is 53.5 Å². The fraction of sp³-hybridized carbons (Fsp3) is 0.647. The first-order valence-electron chi connectivity index (χ1n) is 8.38. The summed E-state index contributed by atoms with van der Waals surface area (Å²) in [7, 11) is 0. The van der Waals surface area contributed by atoms with Crippen LogP contribution in [0.4, 0.5) is 0 Å². The summed E-state index contributed by atoms with van der Waals surface area (Å²) >= 11 is 0. The molecule has 3 rings (SSSR count). The number of rotatable bonds is 5. The summed E-state index contributed by atoms with van der Waals surface area (Å²) in [5.74, 6) is 0. The van der Waals surface area contributed by atoms with Crippen LogP contribution in [0.2, 0.25) is 0 Å². The average molecular weight is 317 g/mol. The molecule has 0 saturated carbocycles. The fourth-order valence-corrected chi connectivity index (χ4v) is 3.67. The number of aryl methyl sites for hydroxylation is 3. The van der Waals surface area contributed by atoms with E-state index < -0.39 is 0 Å². The van der Waals surface area contributed by atoms with Gasteiger partial charge >= 0.3 is 0 Å². The highest BCUT2D eigenvalue weighted by molar-refractivity contribution is 5.24. The number of hydrogen-bond donors (Lipinski definition) is 1. The first-order valence-corrected chi connectivity index (χ1v) is 8.38. The Bertz CT molecular complexity index is 687. The molecule has 1 atom stereocenters. The van der Waals surface area contributed by atoms with Crippen molar-refractivity contribution in [2.75, 3.05) is 19.7 Å². The van der Waals surface area contributed by atoms with E-state index in [-0.39, 0.29) is 6.61 Å². The molecule has 3 heterocycles. The van der Waals surface area contributed by atoms with E-state index in [1.54, 1.807) is 0 Å². The van der Waals surface area contributed by atoms with Crippen LogP contribution in [0.5, 0.6) is 0 Å². The summed E-state index contributed by atoms with van der Waals surface area (Å²) < 4.78 is 4.10. The zero-order valence-corrected chi connectivity index (χ0v) is 14.6. The minimum absolute atomic E-state index is 0.130. The van der Waals surface area contributed by atoms with E-state index in [0.717, 1.165) is 37.4 Å². The Kier molecular flexibility index (Phi) is 4.55. The molecule has 0 radical (unpaired) electrons. The van der Waals surface area contributed by atoms with Gasteiger partial charge in [0.1, 0.15) is 0 Å². The lowest BCUT2D eigenvalue weighted by Crippen LogP contribution is -2.22. The largest absolute Gasteiger partial charge is 0.394 e. The smallest absolute Gasteiger partial charge is 0.0661 e. The van der Waals surface area contributed by atoms with Crippen molar-refractivity contribution in [2.45, 2.75) is 53.2 Å². The molecule has 126 valence electrons. The van der Waals surface area contributed by atoms with Crippen molar-refractivity contribution in [3.05, 3.63) is 34.4 Å². The lowest BCUT2D eigenvalue weighted by atomic mass is 10.2. The third-order valence-corrected chi connectivity index (χ3v) is 4.86. The Labute approximate surface area is 137 Å². The van der Waals surface area contributed by atoms with Gasteiger partial charge in [-0.05, 0) is 40.2 Å². The van der Waals surface area contributed by atoms with E-state index in [1.807, 2.05) is 4.68 Å². The standard InChI is InChI=1S/C17H27N5O/c1-12-9-13(2)22(18-12)16-5-6-20(10-16)11-17-14(3)19-21(7-8-23)15(17)4/h9,16,23H,5-8,10-11H2,1-4H3. The van der Waals surface area contributed by atoms with Gasteiger partial charge in [-0.25, -0.2) is 0 Å². The summed E-state index contributed by atoms with van der Waals surface area (Å²) in [6.45, 7) is 12.1. The molecule has 1 aliphatic rings. The first kappa shape index (κ1) is 16.2. The third-order valence-electron chi connectivity index (χ3n) is 4.86. The van der Waals surface area contributed by atoms with Crippen LogP contribution in [0.15, 0.2) is 6.07 Å². The molecule has 1 saturated heterocycles. The first-order chi connectivity index (χ1) is 11.0. The van der Waals surface area contributed by atoms with Crippen molar-refractivity contribution in [1.29, 1.82) is 0 Å². The zero-order valence-electron chi connectivity index (χ0n) is 14.6. The number of hydrogen-bond acceptors (Lipinski definition) is 4. The van der Waals surface area contributed by atoms with Crippen LogP contribution in [0, 0.1) is 27.7 Å². The summed E-state index contributed by atoms with van der Waals surface area (Å²) in [6, 6.07) is 2.62. The lowest BCUT2D eigenvalue weighted by molar-refractivity contribution is 0.267. The Morgan fingerprint density at radius 2 is 2.00 bits per heavy atom. The molecule has 0 bridgehead atoms. The van der Waals surface area contributed by atoms with Gasteiger partial charge in [-0.1, -0.05) is 0 Å². The Morgan fingerprint density at radius 1 is 1.22 bits per heavy atom. The van der Waals surface area contributed by atoms with Crippen molar-refractivity contribution in [3.8, 4) is 0 Å². The van der Waals surface area contributed by atoms with Crippen molar-refractivity contribution in [3.63, 3.8) is 0 Å². The predicted octanol–water partition coefficient (Wildman–Crippen LogP) is 1.75. The molecule has 1 unspecified atom stereocenters. The average Bonchev–Trinajstić information content (AvgIpc) is 3.15. The molecule has 1 aliphatic heterocycles. The normalized spacial score (nSPS) is 18.9. The van der Waals surface area contributed by atoms with Crippen LogP contribution < -0.4 is 0 Å². The van der Waals surface area contributed by atoms with Crippen molar-refractivity contribution in [1.82, 2.24) is 24.5 Å². The highest BCUT2D eigenvalue weighted by atomic mass is 16.3. The SMILES string of the molecule is Cc1cc(C)n(C2CCN(Cc3c(C)nn(CCO)c3C)C2)n1. The molecular formula is C17H27N5O. The van der Waals surface area contributed by atoms with Gasteiger partial charge < -0.3 is 5.11 Å². The number of nitrogens with zero attached hydrogens (tertiary/aromatic N) is 5. The molecule has 23 heavy (non-hydrogen) atoms. The quantitative estimate of drug-likeness (QED) is 0.913. The van der Waals surface area contributed by atoms with Crippen LogP contribution in [-0.4, -0.2) is 49.3 Å². The van der Waals surface area contributed by atoms with Gasteiger partial charge in [0, 0.05) is 36.6 Å². The van der Waals surface area contributed by atoms with Crippen LogP contribution in [0.25, 0.3) is 0 Å². The van der Waals surface area contributed by atoms with Gasteiger partial charge in [-0.15, -0.1) is 0 Å². The van der Waals surface area contributed by atoms with E-state index >= 15 is 0 Å². The van der Waals surface area contributed by atoms with Gasteiger partial charge in [-0.2, -0.15) is 10.2 Å². The van der Waals surface area contributed by atoms with Crippen LogP contribution in [0.3, 0.4) is 0 Å². The van der Waals surface area contributed by atoms with Gasteiger partial charge in [0.2, 0.25) is 0 Å². The zero-order chi connectivity index (χ0) is 16.6. The number of aromatic nitrogens is 4. The van der Waals surface area contributed by atoms with Crippen molar-refractivity contribution < 1.29 is 5.11 Å². The Balaban J connectivity index is 1.70. The molecule has 2 aromatic rings. The molecular weight excluding hydrogens is 290 g/mol. The topological polar surface area (TPSA) is 59.1 Å². The molecule has 1 fully saturated rings. The number of aliphatic hydroxyl groups excluding tert-OH is 1. The van der Waals surface area contributed by atoms with Crippen molar-refractivity contribution >= 4 is 0 Å². The van der Waals surface area contributed by atoms with Gasteiger partial charge in [-0.3, -0.25) is 14.3 Å². The molecule has 0 spiro atoms. The lowest BCUT2D eigenvalue weighted by Gasteiger charge is -2.17. The Hall–Kier alpha value is -1.66. The maximum atomic E-state index is 9.14. The maximum absolute atomic E-state index is 9.14. The minimum atomic E-state index is 0.130. The monoisotopic (exact) mass is 317 g/mol. The third kappa shape index (κ3) is 3.19. The molecule has 0 amide bonds. The van der Waals surface area contributed by atoms with Crippen LogP contribution in [-0.2, 0) is 13.1 Å². The number of likely N-dealkylation sites (tertiary alicyclic amines) is 1. The second-order valence-electron chi connectivity index (χ2n) is 6.65.